The van der Waals surface area contributed by atoms with Crippen molar-refractivity contribution in [1.29, 1.82) is 0 Å². The lowest BCUT2D eigenvalue weighted by Gasteiger charge is -2.09. The van der Waals surface area contributed by atoms with Crippen LogP contribution < -0.4 is 11.1 Å². The molecule has 2 aromatic rings. The number of benzene rings is 1. The van der Waals surface area contributed by atoms with E-state index in [1.807, 2.05) is 32.3 Å². The van der Waals surface area contributed by atoms with E-state index in [9.17, 15) is 4.79 Å². The Kier molecular flexibility index (Phi) is 5.61. The Bertz CT molecular complexity index is 639. The van der Waals surface area contributed by atoms with Crippen molar-refractivity contribution >= 4 is 48.9 Å². The molecule has 0 bridgehead atoms. The first-order valence-corrected chi connectivity index (χ1v) is 8.51. The number of amides is 1. The number of carbonyl (C=O) groups excluding carboxylic acids is 1. The number of fused-ring (bicyclic) bond motifs is 1. The fourth-order valence-corrected chi connectivity index (χ4v) is 3.91. The third-order valence-electron chi connectivity index (χ3n) is 3.23. The maximum absolute atomic E-state index is 12.2. The average Bonchev–Trinajstić information content (AvgIpc) is 2.76. The van der Waals surface area contributed by atoms with E-state index < -0.39 is 0 Å². The molecular formula is C15H20BrN3OS. The van der Waals surface area contributed by atoms with Crippen LogP contribution >= 0.6 is 27.3 Å². The van der Waals surface area contributed by atoms with Gasteiger partial charge >= 0.3 is 0 Å². The summed E-state index contributed by atoms with van der Waals surface area (Å²) in [6.07, 6.45) is 2.04. The highest BCUT2D eigenvalue weighted by atomic mass is 79.9. The molecule has 3 N–H and O–H groups in total. The van der Waals surface area contributed by atoms with E-state index in [2.05, 4.69) is 26.1 Å². The van der Waals surface area contributed by atoms with E-state index >= 15 is 0 Å². The highest BCUT2D eigenvalue weighted by Crippen LogP contribution is 2.37. The smallest absolute Gasteiger partial charge is 0.263 e. The van der Waals surface area contributed by atoms with Gasteiger partial charge in [-0.15, -0.1) is 11.3 Å². The summed E-state index contributed by atoms with van der Waals surface area (Å²) >= 11 is 4.93. The summed E-state index contributed by atoms with van der Waals surface area (Å²) in [6, 6.07) is 5.87. The summed E-state index contributed by atoms with van der Waals surface area (Å²) in [5.74, 6) is -0.0783. The van der Waals surface area contributed by atoms with E-state index in [4.69, 9.17) is 5.73 Å². The Labute approximate surface area is 137 Å². The van der Waals surface area contributed by atoms with Crippen molar-refractivity contribution in [1.82, 2.24) is 10.2 Å². The van der Waals surface area contributed by atoms with E-state index in [0.717, 1.165) is 33.9 Å². The van der Waals surface area contributed by atoms with E-state index in [1.54, 1.807) is 0 Å². The second-order valence-electron chi connectivity index (χ2n) is 5.22. The Hall–Kier alpha value is -1.11. The highest BCUT2D eigenvalue weighted by molar-refractivity contribution is 9.10. The largest absolute Gasteiger partial charge is 0.397 e. The van der Waals surface area contributed by atoms with Gasteiger partial charge in [-0.3, -0.25) is 4.79 Å². The number of anilines is 1. The quantitative estimate of drug-likeness (QED) is 0.767. The van der Waals surface area contributed by atoms with Gasteiger partial charge in [0.05, 0.1) is 5.69 Å². The number of nitrogen functional groups attached to an aromatic ring is 1. The zero-order valence-corrected chi connectivity index (χ0v) is 14.7. The molecule has 114 valence electrons. The molecule has 2 rings (SSSR count). The molecule has 1 aromatic carbocycles. The summed E-state index contributed by atoms with van der Waals surface area (Å²) in [4.78, 5) is 15.0. The van der Waals surface area contributed by atoms with Gasteiger partial charge in [-0.1, -0.05) is 22.0 Å². The van der Waals surface area contributed by atoms with Gasteiger partial charge in [-0.2, -0.15) is 0 Å². The van der Waals surface area contributed by atoms with E-state index in [-0.39, 0.29) is 5.91 Å². The molecule has 1 heterocycles. The molecule has 0 atom stereocenters. The zero-order chi connectivity index (χ0) is 15.4. The van der Waals surface area contributed by atoms with Gasteiger partial charge in [-0.05, 0) is 45.6 Å². The van der Waals surface area contributed by atoms with Gasteiger partial charge in [0, 0.05) is 21.1 Å². The SMILES string of the molecule is CN(C)CCCCNC(=O)c1sc2cccc(Br)c2c1N. The number of hydrogen-bond donors (Lipinski definition) is 2. The van der Waals surface area contributed by atoms with Gasteiger partial charge in [-0.25, -0.2) is 0 Å². The van der Waals surface area contributed by atoms with Crippen molar-refractivity contribution in [3.8, 4) is 0 Å². The number of carbonyl (C=O) groups is 1. The Morgan fingerprint density at radius 2 is 2.14 bits per heavy atom. The van der Waals surface area contributed by atoms with Crippen molar-refractivity contribution in [2.45, 2.75) is 12.8 Å². The fourth-order valence-electron chi connectivity index (χ4n) is 2.13. The van der Waals surface area contributed by atoms with Crippen LogP contribution in [0.2, 0.25) is 0 Å². The van der Waals surface area contributed by atoms with Crippen LogP contribution in [-0.2, 0) is 0 Å². The number of rotatable bonds is 6. The van der Waals surface area contributed by atoms with Gasteiger partial charge in [0.15, 0.2) is 0 Å². The number of nitrogens with one attached hydrogen (secondary N) is 1. The van der Waals surface area contributed by atoms with Crippen LogP contribution in [0.4, 0.5) is 5.69 Å². The number of nitrogens with two attached hydrogens (primary N) is 1. The first kappa shape index (κ1) is 16.3. The minimum Gasteiger partial charge on any atom is -0.397 e. The van der Waals surface area contributed by atoms with Gasteiger partial charge in [0.25, 0.3) is 5.91 Å². The van der Waals surface area contributed by atoms with Crippen molar-refractivity contribution in [3.05, 3.63) is 27.5 Å². The lowest BCUT2D eigenvalue weighted by atomic mass is 10.2. The first-order valence-electron chi connectivity index (χ1n) is 6.90. The molecule has 1 aromatic heterocycles. The second-order valence-corrected chi connectivity index (χ2v) is 7.13. The number of unbranched alkanes of at least 4 members (excludes halogenated alkanes) is 1. The lowest BCUT2D eigenvalue weighted by molar-refractivity contribution is 0.0957. The van der Waals surface area contributed by atoms with Crippen molar-refractivity contribution < 1.29 is 4.79 Å². The minimum absolute atomic E-state index is 0.0783. The normalized spacial score (nSPS) is 11.2. The molecule has 0 saturated carbocycles. The molecule has 0 aliphatic carbocycles. The van der Waals surface area contributed by atoms with Crippen LogP contribution in [0.15, 0.2) is 22.7 Å². The van der Waals surface area contributed by atoms with Crippen LogP contribution in [0.1, 0.15) is 22.5 Å². The standard InChI is InChI=1S/C15H20BrN3OS/c1-19(2)9-4-3-8-18-15(20)14-13(17)12-10(16)6-5-7-11(12)21-14/h5-7H,3-4,8-9,17H2,1-2H3,(H,18,20). The molecule has 0 radical (unpaired) electrons. The van der Waals surface area contributed by atoms with Gasteiger partial charge < -0.3 is 16.0 Å². The van der Waals surface area contributed by atoms with Crippen LogP contribution in [0.25, 0.3) is 10.1 Å². The summed E-state index contributed by atoms with van der Waals surface area (Å²) in [6.45, 7) is 1.72. The molecule has 0 unspecified atom stereocenters. The topological polar surface area (TPSA) is 58.4 Å². The number of nitrogens with zero attached hydrogens (tertiary/aromatic N) is 1. The summed E-state index contributed by atoms with van der Waals surface area (Å²) in [7, 11) is 4.10. The molecule has 0 spiro atoms. The monoisotopic (exact) mass is 369 g/mol. The van der Waals surface area contributed by atoms with Crippen LogP contribution in [0.5, 0.6) is 0 Å². The second kappa shape index (κ2) is 7.24. The van der Waals surface area contributed by atoms with E-state index in [1.165, 1.54) is 11.3 Å². The van der Waals surface area contributed by atoms with Crippen LogP contribution in [-0.4, -0.2) is 38.0 Å². The third kappa shape index (κ3) is 3.96. The lowest BCUT2D eigenvalue weighted by Crippen LogP contribution is -2.25. The molecule has 0 fully saturated rings. The fraction of sp³-hybridized carbons (Fsp3) is 0.400. The Morgan fingerprint density at radius 3 is 2.81 bits per heavy atom. The molecule has 0 saturated heterocycles. The third-order valence-corrected chi connectivity index (χ3v) is 5.06. The van der Waals surface area contributed by atoms with Crippen LogP contribution in [0.3, 0.4) is 0 Å². The molecular weight excluding hydrogens is 350 g/mol. The number of halogens is 1. The summed E-state index contributed by atoms with van der Waals surface area (Å²) < 4.78 is 1.96. The maximum atomic E-state index is 12.2. The van der Waals surface area contributed by atoms with Crippen LogP contribution in [0, 0.1) is 0 Å². The zero-order valence-electron chi connectivity index (χ0n) is 12.3. The highest BCUT2D eigenvalue weighted by Gasteiger charge is 2.17. The van der Waals surface area contributed by atoms with E-state index in [0.29, 0.717) is 17.1 Å². The summed E-state index contributed by atoms with van der Waals surface area (Å²) in [5.41, 5.74) is 6.69. The average molecular weight is 370 g/mol. The van der Waals surface area contributed by atoms with Gasteiger partial charge in [0.1, 0.15) is 4.88 Å². The molecule has 4 nitrogen and oxygen atoms in total. The summed E-state index contributed by atoms with van der Waals surface area (Å²) in [5, 5.41) is 3.88. The molecule has 0 aliphatic rings. The predicted octanol–water partition coefficient (Wildman–Crippen LogP) is 3.32. The predicted molar refractivity (Wildman–Crippen MR) is 94.1 cm³/mol. The van der Waals surface area contributed by atoms with Crippen molar-refractivity contribution in [3.63, 3.8) is 0 Å². The minimum atomic E-state index is -0.0783. The number of thiophene rings is 1. The van der Waals surface area contributed by atoms with Gasteiger partial charge in [0.2, 0.25) is 0 Å². The maximum Gasteiger partial charge on any atom is 0.263 e. The first-order chi connectivity index (χ1) is 10.0. The molecule has 1 amide bonds. The Morgan fingerprint density at radius 1 is 1.38 bits per heavy atom. The Balaban J connectivity index is 2.00. The molecule has 21 heavy (non-hydrogen) atoms. The molecule has 0 aliphatic heterocycles. The number of hydrogen-bond acceptors (Lipinski definition) is 4. The molecule has 6 heteroatoms. The van der Waals surface area contributed by atoms with Crippen molar-refractivity contribution in [2.24, 2.45) is 0 Å². The van der Waals surface area contributed by atoms with Crippen molar-refractivity contribution in [2.75, 3.05) is 32.9 Å².